The number of carbonyl (C=O) groups excluding carboxylic acids is 3. The van der Waals surface area contributed by atoms with E-state index in [0.29, 0.717) is 21.8 Å². The highest BCUT2D eigenvalue weighted by atomic mass is 35.5. The van der Waals surface area contributed by atoms with E-state index in [1.165, 1.54) is 17.0 Å². The monoisotopic (exact) mass is 509 g/mol. The number of benzene rings is 2. The van der Waals surface area contributed by atoms with Gasteiger partial charge in [0.1, 0.15) is 5.54 Å². The molecule has 3 heterocycles. The lowest BCUT2D eigenvalue weighted by Crippen LogP contribution is -2.54. The highest BCUT2D eigenvalue weighted by molar-refractivity contribution is 6.35. The Labute approximate surface area is 213 Å². The molecule has 1 spiro atoms. The Kier molecular flexibility index (Phi) is 5.32. The lowest BCUT2D eigenvalue weighted by atomic mass is 9.76. The van der Waals surface area contributed by atoms with Crippen LogP contribution in [0.15, 0.2) is 30.3 Å². The number of nitrogens with one attached hydrogen (secondary N) is 2. The summed E-state index contributed by atoms with van der Waals surface area (Å²) in [6, 6.07) is 7.44. The van der Waals surface area contributed by atoms with E-state index in [1.54, 1.807) is 12.1 Å². The van der Waals surface area contributed by atoms with Gasteiger partial charge in [0.2, 0.25) is 17.7 Å². The van der Waals surface area contributed by atoms with Gasteiger partial charge >= 0.3 is 0 Å². The molecule has 6 rings (SSSR count). The van der Waals surface area contributed by atoms with E-state index < -0.39 is 23.4 Å². The summed E-state index contributed by atoms with van der Waals surface area (Å²) in [5, 5.41) is 26.4. The number of carbonyl (C=O) groups is 3. The van der Waals surface area contributed by atoms with E-state index in [1.807, 2.05) is 13.0 Å². The molecular weight excluding hydrogens is 482 g/mol. The van der Waals surface area contributed by atoms with Gasteiger partial charge in [0, 0.05) is 17.6 Å². The maximum Gasteiger partial charge on any atom is 0.250 e. The maximum absolute atomic E-state index is 14.1. The molecule has 4 N–H and O–H groups in total. The summed E-state index contributed by atoms with van der Waals surface area (Å²) >= 11 is 6.50. The molecule has 188 valence electrons. The molecule has 3 aliphatic heterocycles. The third kappa shape index (κ3) is 3.20. The Morgan fingerprint density at radius 1 is 1.03 bits per heavy atom. The first-order chi connectivity index (χ1) is 17.2. The Balaban J connectivity index is 1.48. The standard InChI is InChI=1S/C27H28ClN3O5/c1-13-9-16-23(17(28)10-13)29-26(36)27(16)22-21(18(30-27)11-14-7-8-19(32)20(33)12-14)24(34)31(25(22)35)15-5-3-2-4-6-15/h7-10,12,15,18,21-22,30,32-33H,2-6,11H2,1H3,(H,29,36)/t18-,21+,22-,27-/m0/s1. The number of phenols is 2. The summed E-state index contributed by atoms with van der Waals surface area (Å²) in [5.74, 6) is -3.08. The quantitative estimate of drug-likeness (QED) is 0.372. The molecule has 2 aromatic carbocycles. The smallest absolute Gasteiger partial charge is 0.250 e. The molecule has 9 heteroatoms. The van der Waals surface area contributed by atoms with Crippen molar-refractivity contribution in [3.63, 3.8) is 0 Å². The molecule has 0 radical (unpaired) electrons. The van der Waals surface area contributed by atoms with Crippen LogP contribution in [0.1, 0.15) is 48.8 Å². The minimum absolute atomic E-state index is 0.148. The minimum atomic E-state index is -1.42. The van der Waals surface area contributed by atoms with Crippen LogP contribution < -0.4 is 10.6 Å². The number of amides is 3. The van der Waals surface area contributed by atoms with E-state index in [9.17, 15) is 24.6 Å². The normalized spacial score (nSPS) is 29.7. The number of aromatic hydroxyl groups is 2. The van der Waals surface area contributed by atoms with Crippen molar-refractivity contribution in [2.24, 2.45) is 11.8 Å². The number of likely N-dealkylation sites (tertiary alicyclic amines) is 1. The lowest BCUT2D eigenvalue weighted by molar-refractivity contribution is -0.146. The number of aryl methyl sites for hydroxylation is 1. The minimum Gasteiger partial charge on any atom is -0.504 e. The summed E-state index contributed by atoms with van der Waals surface area (Å²) in [4.78, 5) is 43.1. The molecule has 36 heavy (non-hydrogen) atoms. The number of nitrogens with zero attached hydrogens (tertiary/aromatic N) is 1. The molecule has 1 aliphatic carbocycles. The largest absolute Gasteiger partial charge is 0.504 e. The van der Waals surface area contributed by atoms with Crippen molar-refractivity contribution in [3.8, 4) is 11.5 Å². The number of anilines is 1. The molecule has 2 aromatic rings. The Morgan fingerprint density at radius 2 is 1.78 bits per heavy atom. The number of halogens is 1. The summed E-state index contributed by atoms with van der Waals surface area (Å²) in [6.45, 7) is 1.88. The van der Waals surface area contributed by atoms with Crippen molar-refractivity contribution in [2.75, 3.05) is 5.32 Å². The molecule has 2 saturated heterocycles. The Hall–Kier alpha value is -3.10. The van der Waals surface area contributed by atoms with Crippen molar-refractivity contribution < 1.29 is 24.6 Å². The zero-order valence-electron chi connectivity index (χ0n) is 19.9. The van der Waals surface area contributed by atoms with E-state index in [4.69, 9.17) is 11.6 Å². The Bertz CT molecular complexity index is 1310. The summed E-state index contributed by atoms with van der Waals surface area (Å²) < 4.78 is 0. The van der Waals surface area contributed by atoms with Crippen LogP contribution in [0.5, 0.6) is 11.5 Å². The predicted octanol–water partition coefficient (Wildman–Crippen LogP) is 3.36. The van der Waals surface area contributed by atoms with E-state index in [-0.39, 0.29) is 41.7 Å². The zero-order valence-corrected chi connectivity index (χ0v) is 20.6. The Morgan fingerprint density at radius 3 is 2.50 bits per heavy atom. The van der Waals surface area contributed by atoms with Crippen LogP contribution in [0.3, 0.4) is 0 Å². The average molecular weight is 510 g/mol. The van der Waals surface area contributed by atoms with Crippen molar-refractivity contribution in [1.29, 1.82) is 0 Å². The van der Waals surface area contributed by atoms with Gasteiger partial charge < -0.3 is 15.5 Å². The molecule has 1 saturated carbocycles. The molecule has 4 atom stereocenters. The highest BCUT2D eigenvalue weighted by Crippen LogP contribution is 2.55. The summed E-state index contributed by atoms with van der Waals surface area (Å²) in [5.41, 5.74) is 1.17. The first-order valence-corrected chi connectivity index (χ1v) is 12.9. The van der Waals surface area contributed by atoms with Crippen molar-refractivity contribution >= 4 is 35.0 Å². The second-order valence-corrected chi connectivity index (χ2v) is 11.0. The number of rotatable bonds is 3. The van der Waals surface area contributed by atoms with Gasteiger partial charge in [-0.15, -0.1) is 0 Å². The van der Waals surface area contributed by atoms with Crippen LogP contribution in [-0.4, -0.2) is 44.9 Å². The number of fused-ring (bicyclic) bond motifs is 4. The number of imide groups is 1. The molecule has 0 aromatic heterocycles. The van der Waals surface area contributed by atoms with Gasteiger partial charge in [-0.05, 0) is 55.5 Å². The van der Waals surface area contributed by atoms with Crippen LogP contribution in [0.25, 0.3) is 0 Å². The number of phenolic OH excluding ortho intramolecular Hbond substituents is 2. The second kappa shape index (κ2) is 8.21. The van der Waals surface area contributed by atoms with Crippen LogP contribution in [-0.2, 0) is 26.3 Å². The molecule has 3 amide bonds. The fourth-order valence-electron chi connectivity index (χ4n) is 6.84. The maximum atomic E-state index is 14.1. The zero-order chi connectivity index (χ0) is 25.4. The van der Waals surface area contributed by atoms with Gasteiger partial charge in [0.25, 0.3) is 0 Å². The van der Waals surface area contributed by atoms with Gasteiger partial charge in [-0.3, -0.25) is 24.6 Å². The van der Waals surface area contributed by atoms with Crippen LogP contribution in [0, 0.1) is 18.8 Å². The summed E-state index contributed by atoms with van der Waals surface area (Å²) in [6.07, 6.45) is 4.87. The number of hydrogen-bond acceptors (Lipinski definition) is 6. The van der Waals surface area contributed by atoms with E-state index >= 15 is 0 Å². The number of hydrogen-bond donors (Lipinski definition) is 4. The fourth-order valence-corrected chi connectivity index (χ4v) is 7.16. The third-order valence-electron chi connectivity index (χ3n) is 8.39. The van der Waals surface area contributed by atoms with Gasteiger partial charge in [-0.25, -0.2) is 0 Å². The molecule has 8 nitrogen and oxygen atoms in total. The van der Waals surface area contributed by atoms with Crippen LogP contribution in [0.4, 0.5) is 5.69 Å². The SMILES string of the molecule is Cc1cc(Cl)c2c(c1)[C@@]1(N[C@@H](Cc3ccc(O)c(O)c3)[C@H]3C(=O)N(C4CCCCC4)C(=O)[C@H]31)C(=O)N2. The van der Waals surface area contributed by atoms with E-state index in [0.717, 1.165) is 37.7 Å². The highest BCUT2D eigenvalue weighted by Gasteiger charge is 2.71. The molecule has 0 unspecified atom stereocenters. The first kappa shape index (κ1) is 23.3. The van der Waals surface area contributed by atoms with Crippen LogP contribution >= 0.6 is 11.6 Å². The first-order valence-electron chi connectivity index (χ1n) is 12.5. The predicted molar refractivity (Wildman–Crippen MR) is 133 cm³/mol. The van der Waals surface area contributed by atoms with Crippen molar-refractivity contribution in [2.45, 2.75) is 63.1 Å². The topological polar surface area (TPSA) is 119 Å². The third-order valence-corrected chi connectivity index (χ3v) is 8.69. The van der Waals surface area contributed by atoms with Crippen LogP contribution in [0.2, 0.25) is 5.02 Å². The van der Waals surface area contributed by atoms with E-state index in [2.05, 4.69) is 10.6 Å². The molecular formula is C27H28ClN3O5. The fraction of sp³-hybridized carbons (Fsp3) is 0.444. The van der Waals surface area contributed by atoms with Gasteiger partial charge in [0.15, 0.2) is 11.5 Å². The molecule has 3 fully saturated rings. The molecule has 4 aliphatic rings. The summed E-state index contributed by atoms with van der Waals surface area (Å²) in [7, 11) is 0. The van der Waals surface area contributed by atoms with Crippen molar-refractivity contribution in [1.82, 2.24) is 10.2 Å². The van der Waals surface area contributed by atoms with Gasteiger partial charge in [-0.1, -0.05) is 43.0 Å². The lowest BCUT2D eigenvalue weighted by Gasteiger charge is -2.34. The van der Waals surface area contributed by atoms with Gasteiger partial charge in [0.05, 0.1) is 22.5 Å². The van der Waals surface area contributed by atoms with Crippen molar-refractivity contribution in [3.05, 3.63) is 52.0 Å². The average Bonchev–Trinajstić information content (AvgIpc) is 3.42. The second-order valence-electron chi connectivity index (χ2n) is 10.6. The van der Waals surface area contributed by atoms with Gasteiger partial charge in [-0.2, -0.15) is 0 Å². The molecule has 0 bridgehead atoms.